The van der Waals surface area contributed by atoms with Gasteiger partial charge in [0, 0.05) is 52.7 Å². The van der Waals surface area contributed by atoms with Crippen LogP contribution in [-0.4, -0.2) is 54.2 Å². The monoisotopic (exact) mass is 647 g/mol. The van der Waals surface area contributed by atoms with Crippen LogP contribution in [0.15, 0.2) is 60.7 Å². The van der Waals surface area contributed by atoms with Crippen LogP contribution in [0.25, 0.3) is 11.3 Å². The molecular formula is C35H39Cl2N5O3. The summed E-state index contributed by atoms with van der Waals surface area (Å²) in [6.45, 7) is 10.3. The van der Waals surface area contributed by atoms with Crippen LogP contribution in [0.5, 0.6) is 11.6 Å². The van der Waals surface area contributed by atoms with Crippen LogP contribution >= 0.6 is 23.2 Å². The second-order valence-corrected chi connectivity index (χ2v) is 12.3. The number of rotatable bonds is 10. The molecule has 1 aromatic heterocycles. The van der Waals surface area contributed by atoms with E-state index in [2.05, 4.69) is 42.0 Å². The number of benzene rings is 3. The fraction of sp³-hybridized carbons (Fsp3) is 0.343. The Labute approximate surface area is 275 Å². The van der Waals surface area contributed by atoms with Crippen molar-refractivity contribution in [3.63, 3.8) is 0 Å². The van der Waals surface area contributed by atoms with E-state index in [9.17, 15) is 4.79 Å². The van der Waals surface area contributed by atoms with Crippen molar-refractivity contribution in [1.29, 1.82) is 0 Å². The van der Waals surface area contributed by atoms with Gasteiger partial charge >= 0.3 is 6.09 Å². The van der Waals surface area contributed by atoms with Gasteiger partial charge in [-0.15, -0.1) is 0 Å². The summed E-state index contributed by atoms with van der Waals surface area (Å²) in [5, 5.41) is 4.10. The van der Waals surface area contributed by atoms with Gasteiger partial charge < -0.3 is 19.7 Å². The molecule has 0 atom stereocenters. The Balaban J connectivity index is 1.36. The van der Waals surface area contributed by atoms with E-state index >= 15 is 0 Å². The molecule has 1 fully saturated rings. The quantitative estimate of drug-likeness (QED) is 0.172. The van der Waals surface area contributed by atoms with Crippen molar-refractivity contribution >= 4 is 46.6 Å². The number of aryl methyl sites for hydroxylation is 1. The molecule has 8 nitrogen and oxygen atoms in total. The summed E-state index contributed by atoms with van der Waals surface area (Å²) in [6, 6.07) is 18.3. The standard InChI is InChI=1S/C35H39Cl2N5O3/c1-23-12-13-31(25(3)24(23)2)32-22-33(45-35(43)41(4)29-19-26(36)18-27(37)20-29)40-34(39-32)38-28-10-8-11-30(21-28)44-17-9-16-42-14-6-5-7-15-42/h8,10-13,18-22H,5-7,9,14-17H2,1-4H3,(H,38,39,40). The third-order valence-electron chi connectivity index (χ3n) is 8.16. The van der Waals surface area contributed by atoms with Gasteiger partial charge in [0.2, 0.25) is 11.8 Å². The third-order valence-corrected chi connectivity index (χ3v) is 8.60. The van der Waals surface area contributed by atoms with Gasteiger partial charge in [-0.3, -0.25) is 4.90 Å². The number of hydrogen-bond donors (Lipinski definition) is 1. The van der Waals surface area contributed by atoms with E-state index in [1.54, 1.807) is 31.3 Å². The molecule has 0 unspecified atom stereocenters. The molecule has 5 rings (SSSR count). The lowest BCUT2D eigenvalue weighted by atomic mass is 9.97. The average molecular weight is 649 g/mol. The van der Waals surface area contributed by atoms with Crippen LogP contribution < -0.4 is 19.7 Å². The summed E-state index contributed by atoms with van der Waals surface area (Å²) in [6.07, 6.45) is 4.23. The fourth-order valence-corrected chi connectivity index (χ4v) is 5.87. The molecule has 236 valence electrons. The molecule has 1 aliphatic rings. The minimum atomic E-state index is -0.652. The molecule has 10 heteroatoms. The zero-order valence-corrected chi connectivity index (χ0v) is 27.7. The molecule has 0 saturated carbocycles. The highest BCUT2D eigenvalue weighted by Gasteiger charge is 2.19. The first kappa shape index (κ1) is 32.5. The number of hydrogen-bond acceptors (Lipinski definition) is 7. The van der Waals surface area contributed by atoms with Crippen molar-refractivity contribution in [3.8, 4) is 22.9 Å². The van der Waals surface area contributed by atoms with E-state index in [1.165, 1.54) is 48.4 Å². The molecule has 1 N–H and O–H groups in total. The molecule has 0 bridgehead atoms. The van der Waals surface area contributed by atoms with Crippen molar-refractivity contribution in [2.24, 2.45) is 0 Å². The predicted octanol–water partition coefficient (Wildman–Crippen LogP) is 9.01. The second-order valence-electron chi connectivity index (χ2n) is 11.4. The fourth-order valence-electron chi connectivity index (χ4n) is 5.35. The number of nitrogens with zero attached hydrogens (tertiary/aromatic N) is 4. The lowest BCUT2D eigenvalue weighted by molar-refractivity contribution is 0.205. The van der Waals surface area contributed by atoms with Gasteiger partial charge in [0.15, 0.2) is 0 Å². The second kappa shape index (κ2) is 15.0. The first-order valence-corrected chi connectivity index (χ1v) is 16.0. The van der Waals surface area contributed by atoms with Crippen molar-refractivity contribution in [3.05, 3.63) is 87.4 Å². The van der Waals surface area contributed by atoms with Gasteiger partial charge in [-0.25, -0.2) is 9.78 Å². The highest BCUT2D eigenvalue weighted by Crippen LogP contribution is 2.31. The number of piperidine rings is 1. The maximum absolute atomic E-state index is 13.2. The van der Waals surface area contributed by atoms with Gasteiger partial charge in [0.05, 0.1) is 12.3 Å². The van der Waals surface area contributed by atoms with Crippen LogP contribution in [-0.2, 0) is 0 Å². The van der Waals surface area contributed by atoms with Crippen LogP contribution in [0.3, 0.4) is 0 Å². The van der Waals surface area contributed by atoms with Crippen LogP contribution in [0.2, 0.25) is 10.0 Å². The number of aromatic nitrogens is 2. The Morgan fingerprint density at radius 1 is 0.933 bits per heavy atom. The summed E-state index contributed by atoms with van der Waals surface area (Å²) in [5.74, 6) is 1.13. The van der Waals surface area contributed by atoms with E-state index in [0.29, 0.717) is 28.0 Å². The van der Waals surface area contributed by atoms with Crippen LogP contribution in [0, 0.1) is 20.8 Å². The lowest BCUT2D eigenvalue weighted by Gasteiger charge is -2.26. The lowest BCUT2D eigenvalue weighted by Crippen LogP contribution is -2.31. The van der Waals surface area contributed by atoms with E-state index < -0.39 is 6.09 Å². The molecule has 0 spiro atoms. The highest BCUT2D eigenvalue weighted by molar-refractivity contribution is 6.35. The Bertz CT molecular complexity index is 1640. The van der Waals surface area contributed by atoms with E-state index in [1.807, 2.05) is 30.3 Å². The molecule has 45 heavy (non-hydrogen) atoms. The average Bonchev–Trinajstić information content (AvgIpc) is 3.02. The topological polar surface area (TPSA) is 79.8 Å². The predicted molar refractivity (Wildman–Crippen MR) is 183 cm³/mol. The van der Waals surface area contributed by atoms with Crippen molar-refractivity contribution in [2.45, 2.75) is 46.5 Å². The zero-order valence-electron chi connectivity index (χ0n) is 26.2. The summed E-state index contributed by atoms with van der Waals surface area (Å²) in [4.78, 5) is 26.4. The maximum atomic E-state index is 13.2. The Kier molecular flexibility index (Phi) is 10.8. The molecule has 0 aliphatic carbocycles. The van der Waals surface area contributed by atoms with Gasteiger partial charge in [0.25, 0.3) is 0 Å². The minimum Gasteiger partial charge on any atom is -0.493 e. The third kappa shape index (κ3) is 8.66. The summed E-state index contributed by atoms with van der Waals surface area (Å²) < 4.78 is 11.8. The van der Waals surface area contributed by atoms with Crippen molar-refractivity contribution in [2.75, 3.05) is 43.5 Å². The van der Waals surface area contributed by atoms with E-state index in [4.69, 9.17) is 37.7 Å². The minimum absolute atomic E-state index is 0.0928. The van der Waals surface area contributed by atoms with Crippen LogP contribution in [0.4, 0.5) is 22.1 Å². The number of halogens is 2. The largest absolute Gasteiger partial charge is 0.493 e. The first-order chi connectivity index (χ1) is 21.7. The summed E-state index contributed by atoms with van der Waals surface area (Å²) >= 11 is 12.3. The highest BCUT2D eigenvalue weighted by atomic mass is 35.5. The van der Waals surface area contributed by atoms with Crippen molar-refractivity contribution < 1.29 is 14.3 Å². The Morgan fingerprint density at radius 3 is 2.44 bits per heavy atom. The molecule has 0 radical (unpaired) electrons. The van der Waals surface area contributed by atoms with Gasteiger partial charge in [-0.05, 0) is 100 Å². The number of likely N-dealkylation sites (tertiary alicyclic amines) is 1. The number of carbonyl (C=O) groups excluding carboxylic acids is 1. The number of nitrogens with one attached hydrogen (secondary N) is 1. The summed E-state index contributed by atoms with van der Waals surface area (Å²) in [5.41, 5.74) is 6.22. The Morgan fingerprint density at radius 2 is 1.69 bits per heavy atom. The number of ether oxygens (including phenoxy) is 2. The zero-order chi connectivity index (χ0) is 31.9. The normalized spacial score (nSPS) is 13.4. The number of carbonyl (C=O) groups is 1. The van der Waals surface area contributed by atoms with E-state index in [-0.39, 0.29) is 11.8 Å². The summed E-state index contributed by atoms with van der Waals surface area (Å²) in [7, 11) is 1.58. The number of anilines is 3. The molecule has 3 aromatic carbocycles. The smallest absolute Gasteiger partial charge is 0.420 e. The molecule has 4 aromatic rings. The number of amides is 1. The molecule has 1 aliphatic heterocycles. The molecule has 2 heterocycles. The van der Waals surface area contributed by atoms with Gasteiger partial charge in [-0.2, -0.15) is 4.98 Å². The first-order valence-electron chi connectivity index (χ1n) is 15.3. The molecular weight excluding hydrogens is 609 g/mol. The van der Waals surface area contributed by atoms with Gasteiger partial charge in [-0.1, -0.05) is 47.8 Å². The van der Waals surface area contributed by atoms with Crippen LogP contribution in [0.1, 0.15) is 42.4 Å². The van der Waals surface area contributed by atoms with E-state index in [0.717, 1.165) is 35.5 Å². The molecule has 1 saturated heterocycles. The van der Waals surface area contributed by atoms with Gasteiger partial charge in [0.1, 0.15) is 5.75 Å². The maximum Gasteiger partial charge on any atom is 0.420 e. The SMILES string of the molecule is Cc1ccc(-c2cc(OC(=O)N(C)c3cc(Cl)cc(Cl)c3)nc(Nc3cccc(OCCCN4CCCCC4)c3)n2)c(C)c1C. The molecule has 1 amide bonds. The Hall–Kier alpha value is -3.85. The van der Waals surface area contributed by atoms with Crippen molar-refractivity contribution in [1.82, 2.24) is 14.9 Å².